The number of aliphatic hydroxyl groups excluding tert-OH is 1. The normalized spacial score (nSPS) is 12.5. The molecule has 0 aliphatic rings. The van der Waals surface area contributed by atoms with E-state index in [1.54, 1.807) is 6.92 Å². The van der Waals surface area contributed by atoms with Crippen LogP contribution in [0.3, 0.4) is 0 Å². The van der Waals surface area contributed by atoms with E-state index in [4.69, 9.17) is 4.42 Å². The van der Waals surface area contributed by atoms with Gasteiger partial charge in [-0.3, -0.25) is 4.79 Å². The quantitative estimate of drug-likeness (QED) is 0.729. The van der Waals surface area contributed by atoms with Gasteiger partial charge in [0.25, 0.3) is 0 Å². The molecule has 1 aromatic heterocycles. The van der Waals surface area contributed by atoms with Crippen LogP contribution in [0.2, 0.25) is 0 Å². The first-order valence-electron chi connectivity index (χ1n) is 4.39. The minimum Gasteiger partial charge on any atom is -0.427 e. The Kier molecular flexibility index (Phi) is 3.19. The first kappa shape index (κ1) is 10.7. The van der Waals surface area contributed by atoms with Gasteiger partial charge in [-0.1, -0.05) is 6.92 Å². The van der Waals surface area contributed by atoms with Gasteiger partial charge >= 0.3 is 5.63 Å². The van der Waals surface area contributed by atoms with E-state index in [0.29, 0.717) is 6.42 Å². The van der Waals surface area contributed by atoms with Gasteiger partial charge in [0.1, 0.15) is 11.9 Å². The highest BCUT2D eigenvalue weighted by Crippen LogP contribution is 2.09. The molecule has 76 valence electrons. The Labute approximate surface area is 81.2 Å². The van der Waals surface area contributed by atoms with Crippen LogP contribution in [0.4, 0.5) is 0 Å². The summed E-state index contributed by atoms with van der Waals surface area (Å²) in [6, 6.07) is 2.55. The number of hydrogen-bond acceptors (Lipinski definition) is 4. The molecule has 1 N–H and O–H groups in total. The smallest absolute Gasteiger partial charge is 0.335 e. The Bertz CT molecular complexity index is 391. The third-order valence-electron chi connectivity index (χ3n) is 1.97. The fourth-order valence-corrected chi connectivity index (χ4v) is 1.13. The van der Waals surface area contributed by atoms with Crippen molar-refractivity contribution in [3.05, 3.63) is 33.9 Å². The number of aryl methyl sites for hydroxylation is 1. The summed E-state index contributed by atoms with van der Waals surface area (Å²) >= 11 is 0. The van der Waals surface area contributed by atoms with Crippen molar-refractivity contribution in [3.8, 4) is 0 Å². The Hall–Kier alpha value is -1.42. The van der Waals surface area contributed by atoms with E-state index in [1.165, 1.54) is 19.1 Å². The molecule has 0 fully saturated rings. The lowest BCUT2D eigenvalue weighted by atomic mass is 10.0. The van der Waals surface area contributed by atoms with Crippen LogP contribution in [0.25, 0.3) is 0 Å². The first-order valence-corrected chi connectivity index (χ1v) is 4.39. The summed E-state index contributed by atoms with van der Waals surface area (Å²) in [4.78, 5) is 22.3. The highest BCUT2D eigenvalue weighted by Gasteiger charge is 2.18. The Morgan fingerprint density at radius 1 is 1.57 bits per heavy atom. The van der Waals surface area contributed by atoms with Crippen LogP contribution >= 0.6 is 0 Å². The molecule has 0 aromatic carbocycles. The van der Waals surface area contributed by atoms with Crippen molar-refractivity contribution in [2.24, 2.45) is 0 Å². The molecule has 4 heteroatoms. The van der Waals surface area contributed by atoms with E-state index in [0.717, 1.165) is 0 Å². The van der Waals surface area contributed by atoms with E-state index in [9.17, 15) is 14.7 Å². The fraction of sp³-hybridized carbons (Fsp3) is 0.400. The van der Waals surface area contributed by atoms with E-state index in [1.807, 2.05) is 0 Å². The molecule has 0 spiro atoms. The lowest BCUT2D eigenvalue weighted by Crippen LogP contribution is -2.21. The lowest BCUT2D eigenvalue weighted by Gasteiger charge is -2.07. The number of ketones is 1. The van der Waals surface area contributed by atoms with Gasteiger partial charge in [0.15, 0.2) is 5.78 Å². The number of Topliss-reactive ketones (excluding diaryl/α,β-unsaturated/α-hetero) is 1. The second-order valence-electron chi connectivity index (χ2n) is 3.01. The standard InChI is InChI=1S/C10H12O4/c1-3-8(11)10(13)7-4-5-9(12)14-6(7)2/h4-5,8,11H,3H2,1-2H3/t8-/m1/s1. The number of aliphatic hydroxyl groups is 1. The summed E-state index contributed by atoms with van der Waals surface area (Å²) in [6.45, 7) is 3.23. The van der Waals surface area contributed by atoms with Crippen molar-refractivity contribution < 1.29 is 14.3 Å². The minimum atomic E-state index is -1.03. The second-order valence-corrected chi connectivity index (χ2v) is 3.01. The molecular weight excluding hydrogens is 184 g/mol. The van der Waals surface area contributed by atoms with Gasteiger partial charge in [0.2, 0.25) is 0 Å². The zero-order valence-corrected chi connectivity index (χ0v) is 8.11. The third-order valence-corrected chi connectivity index (χ3v) is 1.97. The van der Waals surface area contributed by atoms with Gasteiger partial charge in [0, 0.05) is 6.07 Å². The van der Waals surface area contributed by atoms with Crippen molar-refractivity contribution in [1.82, 2.24) is 0 Å². The van der Waals surface area contributed by atoms with Crippen LogP contribution in [0.15, 0.2) is 21.3 Å². The molecule has 4 nitrogen and oxygen atoms in total. The second kappa shape index (κ2) is 4.19. The van der Waals surface area contributed by atoms with Crippen molar-refractivity contribution in [2.45, 2.75) is 26.4 Å². The summed E-state index contributed by atoms with van der Waals surface area (Å²) in [7, 11) is 0. The van der Waals surface area contributed by atoms with Gasteiger partial charge in [0.05, 0.1) is 5.56 Å². The molecule has 1 rings (SSSR count). The van der Waals surface area contributed by atoms with Gasteiger partial charge in [-0.15, -0.1) is 0 Å². The summed E-state index contributed by atoms with van der Waals surface area (Å²) in [5, 5.41) is 9.30. The number of carbonyl (C=O) groups excluding carboxylic acids is 1. The molecule has 0 saturated carbocycles. The Morgan fingerprint density at radius 3 is 2.71 bits per heavy atom. The fourth-order valence-electron chi connectivity index (χ4n) is 1.13. The van der Waals surface area contributed by atoms with Crippen molar-refractivity contribution in [2.75, 3.05) is 0 Å². The SMILES string of the molecule is CC[C@@H](O)C(=O)c1ccc(=O)oc1C. The van der Waals surface area contributed by atoms with Crippen LogP contribution in [-0.4, -0.2) is 17.0 Å². The van der Waals surface area contributed by atoms with Crippen molar-refractivity contribution in [3.63, 3.8) is 0 Å². The number of carbonyl (C=O) groups is 1. The van der Waals surface area contributed by atoms with E-state index >= 15 is 0 Å². The summed E-state index contributed by atoms with van der Waals surface area (Å²) < 4.78 is 4.74. The summed E-state index contributed by atoms with van der Waals surface area (Å²) in [6.07, 6.45) is -0.682. The van der Waals surface area contributed by atoms with Gasteiger partial charge in [-0.2, -0.15) is 0 Å². The average molecular weight is 196 g/mol. The van der Waals surface area contributed by atoms with E-state index in [-0.39, 0.29) is 11.3 Å². The molecular formula is C10H12O4. The van der Waals surface area contributed by atoms with Crippen molar-refractivity contribution >= 4 is 5.78 Å². The first-order chi connectivity index (χ1) is 6.56. The van der Waals surface area contributed by atoms with E-state index in [2.05, 4.69) is 0 Å². The molecule has 0 radical (unpaired) electrons. The van der Waals surface area contributed by atoms with Crippen molar-refractivity contribution in [1.29, 1.82) is 0 Å². The molecule has 1 atom stereocenters. The lowest BCUT2D eigenvalue weighted by molar-refractivity contribution is 0.0737. The summed E-state index contributed by atoms with van der Waals surface area (Å²) in [5.41, 5.74) is -0.232. The topological polar surface area (TPSA) is 67.5 Å². The van der Waals surface area contributed by atoms with Crippen LogP contribution in [-0.2, 0) is 0 Å². The molecule has 1 heterocycles. The number of rotatable bonds is 3. The molecule has 0 aliphatic carbocycles. The maximum Gasteiger partial charge on any atom is 0.335 e. The zero-order chi connectivity index (χ0) is 10.7. The molecule has 0 saturated heterocycles. The van der Waals surface area contributed by atoms with Crippen LogP contribution in [0.5, 0.6) is 0 Å². The Balaban J connectivity index is 3.08. The van der Waals surface area contributed by atoms with Crippen LogP contribution < -0.4 is 5.63 Å². The average Bonchev–Trinajstić information content (AvgIpc) is 2.15. The van der Waals surface area contributed by atoms with Gasteiger partial charge < -0.3 is 9.52 Å². The largest absolute Gasteiger partial charge is 0.427 e. The Morgan fingerprint density at radius 2 is 2.21 bits per heavy atom. The third kappa shape index (κ3) is 2.09. The maximum absolute atomic E-state index is 11.5. The van der Waals surface area contributed by atoms with E-state index < -0.39 is 17.5 Å². The molecule has 0 amide bonds. The zero-order valence-electron chi connectivity index (χ0n) is 8.11. The highest BCUT2D eigenvalue weighted by atomic mass is 16.4. The predicted molar refractivity (Wildman–Crippen MR) is 50.3 cm³/mol. The van der Waals surface area contributed by atoms with Crippen LogP contribution in [0, 0.1) is 6.92 Å². The van der Waals surface area contributed by atoms with Crippen LogP contribution in [0.1, 0.15) is 29.5 Å². The molecule has 14 heavy (non-hydrogen) atoms. The maximum atomic E-state index is 11.5. The molecule has 0 bridgehead atoms. The van der Waals surface area contributed by atoms with Gasteiger partial charge in [-0.05, 0) is 19.4 Å². The number of hydrogen-bond donors (Lipinski definition) is 1. The predicted octanol–water partition coefficient (Wildman–Crippen LogP) is 0.902. The monoisotopic (exact) mass is 196 g/mol. The highest BCUT2D eigenvalue weighted by molar-refractivity contribution is 5.99. The molecule has 0 aliphatic heterocycles. The molecule has 0 unspecified atom stereocenters. The summed E-state index contributed by atoms with van der Waals surface area (Å²) in [5.74, 6) is -0.163. The molecule has 1 aromatic rings. The minimum absolute atomic E-state index is 0.245. The van der Waals surface area contributed by atoms with Gasteiger partial charge in [-0.25, -0.2) is 4.79 Å².